The van der Waals surface area contributed by atoms with Crippen molar-refractivity contribution in [2.24, 2.45) is 5.41 Å². The highest BCUT2D eigenvalue weighted by molar-refractivity contribution is 7.85. The van der Waals surface area contributed by atoms with Crippen molar-refractivity contribution in [1.29, 1.82) is 0 Å². The number of hydrogen-bond donors (Lipinski definition) is 2. The van der Waals surface area contributed by atoms with Crippen molar-refractivity contribution in [1.82, 2.24) is 0 Å². The molecular formula is C6H8B2OS. The highest BCUT2D eigenvalue weighted by Gasteiger charge is 2.31. The molecule has 4 heteroatoms. The maximum atomic E-state index is 9.10. The van der Waals surface area contributed by atoms with Gasteiger partial charge in [0.2, 0.25) is 0 Å². The molecule has 0 unspecified atom stereocenters. The van der Waals surface area contributed by atoms with E-state index >= 15 is 0 Å². The quantitative estimate of drug-likeness (QED) is 0.303. The van der Waals surface area contributed by atoms with E-state index in [2.05, 4.69) is 23.8 Å². The third kappa shape index (κ3) is 2.32. The zero-order valence-electron chi connectivity index (χ0n) is 6.05. The minimum atomic E-state index is -1.78. The fourth-order valence-corrected chi connectivity index (χ4v) is 0.519. The minimum absolute atomic E-state index is 0.839. The number of rotatable bonds is 1. The summed E-state index contributed by atoms with van der Waals surface area (Å²) in [5.41, 5.74) is -0.839. The summed E-state index contributed by atoms with van der Waals surface area (Å²) in [6.45, 7) is 3.27. The van der Waals surface area contributed by atoms with Crippen molar-refractivity contribution in [3.63, 3.8) is 0 Å². The number of aliphatic hydroxyl groups is 1. The predicted molar refractivity (Wildman–Crippen MR) is 47.0 cm³/mol. The lowest BCUT2D eigenvalue weighted by Gasteiger charge is -2.33. The second kappa shape index (κ2) is 2.94. The summed E-state index contributed by atoms with van der Waals surface area (Å²) in [6, 6.07) is 0. The zero-order chi connectivity index (χ0) is 8.41. The Bertz CT molecular complexity index is 172. The first-order valence-electron chi connectivity index (χ1n) is 2.77. The summed E-state index contributed by atoms with van der Waals surface area (Å²) >= 11 is 3.66. The van der Waals surface area contributed by atoms with Gasteiger partial charge in [0.1, 0.15) is 15.7 Å². The summed E-state index contributed by atoms with van der Waals surface area (Å²) in [7, 11) is 10.4. The van der Waals surface area contributed by atoms with Crippen LogP contribution in [-0.4, -0.2) is 26.2 Å². The lowest BCUT2D eigenvalue weighted by Crippen LogP contribution is -2.44. The molecule has 0 aliphatic heterocycles. The minimum Gasteiger partial charge on any atom is -0.408 e. The van der Waals surface area contributed by atoms with Gasteiger partial charge < -0.3 is 5.11 Å². The number of hydrogen-bond acceptors (Lipinski definition) is 2. The first kappa shape index (κ1) is 10.00. The highest BCUT2D eigenvalue weighted by Crippen LogP contribution is 2.24. The van der Waals surface area contributed by atoms with E-state index in [0.717, 1.165) is 0 Å². The van der Waals surface area contributed by atoms with Gasteiger partial charge in [0.25, 0.3) is 0 Å². The highest BCUT2D eigenvalue weighted by atomic mass is 32.1. The van der Waals surface area contributed by atoms with Crippen molar-refractivity contribution < 1.29 is 5.11 Å². The second-order valence-electron chi connectivity index (χ2n) is 2.69. The van der Waals surface area contributed by atoms with Crippen LogP contribution < -0.4 is 0 Å². The van der Waals surface area contributed by atoms with E-state index in [4.69, 9.17) is 20.8 Å². The van der Waals surface area contributed by atoms with Crippen molar-refractivity contribution in [3.8, 4) is 11.2 Å². The van der Waals surface area contributed by atoms with E-state index in [1.807, 2.05) is 0 Å². The molecule has 0 aromatic carbocycles. The van der Waals surface area contributed by atoms with Crippen LogP contribution in [0.5, 0.6) is 0 Å². The Hall–Kier alpha value is -0.000130. The fraction of sp³-hybridized carbons (Fsp3) is 0.667. The summed E-state index contributed by atoms with van der Waals surface area (Å²) in [4.78, 5) is 0. The molecule has 0 bridgehead atoms. The fourth-order valence-electron chi connectivity index (χ4n) is 0.240. The first-order chi connectivity index (χ1) is 4.31. The van der Waals surface area contributed by atoms with E-state index in [-0.39, 0.29) is 0 Å². The Morgan fingerprint density at radius 3 is 1.90 bits per heavy atom. The van der Waals surface area contributed by atoms with Crippen LogP contribution in [0.1, 0.15) is 13.8 Å². The molecule has 0 heterocycles. The third-order valence-corrected chi connectivity index (χ3v) is 1.48. The Kier molecular flexibility index (Phi) is 2.94. The average Bonchev–Trinajstić information content (AvgIpc) is 1.61. The molecule has 0 aromatic heterocycles. The Labute approximate surface area is 69.8 Å². The Morgan fingerprint density at radius 1 is 1.40 bits per heavy atom. The normalized spacial score (nSPS) is 12.0. The molecule has 0 fully saturated rings. The van der Waals surface area contributed by atoms with Crippen molar-refractivity contribution >= 4 is 28.3 Å². The van der Waals surface area contributed by atoms with Crippen molar-refractivity contribution in [2.45, 2.75) is 19.2 Å². The molecule has 0 amide bonds. The molecule has 1 nitrogen and oxygen atoms in total. The topological polar surface area (TPSA) is 20.2 Å². The monoisotopic (exact) mass is 150 g/mol. The predicted octanol–water partition coefficient (Wildman–Crippen LogP) is -0.114. The van der Waals surface area contributed by atoms with Gasteiger partial charge in [-0.15, -0.1) is 0 Å². The maximum Gasteiger partial charge on any atom is 0.101 e. The first-order valence-corrected chi connectivity index (χ1v) is 3.22. The van der Waals surface area contributed by atoms with Crippen molar-refractivity contribution in [3.05, 3.63) is 0 Å². The molecule has 0 atom stereocenters. The zero-order valence-corrected chi connectivity index (χ0v) is 6.94. The maximum absolute atomic E-state index is 9.10. The van der Waals surface area contributed by atoms with E-state index in [1.54, 1.807) is 13.8 Å². The van der Waals surface area contributed by atoms with Crippen LogP contribution in [0.2, 0.25) is 0 Å². The summed E-state index contributed by atoms with van der Waals surface area (Å²) in [5, 5.41) is 9.66. The molecule has 0 aromatic rings. The van der Waals surface area contributed by atoms with Gasteiger partial charge in [-0.1, -0.05) is 18.5 Å². The summed E-state index contributed by atoms with van der Waals surface area (Å²) in [6.07, 6.45) is 0. The SMILES string of the molecule is [B]C([B])(O)C(C)(C)C#CS. The van der Waals surface area contributed by atoms with Crippen LogP contribution in [0.4, 0.5) is 0 Å². The molecule has 1 N–H and O–H groups in total. The third-order valence-electron chi connectivity index (χ3n) is 1.37. The van der Waals surface area contributed by atoms with Crippen LogP contribution in [0.15, 0.2) is 0 Å². The van der Waals surface area contributed by atoms with Gasteiger partial charge in [-0.3, -0.25) is 0 Å². The van der Waals surface area contributed by atoms with Gasteiger partial charge in [-0.2, -0.15) is 0 Å². The lowest BCUT2D eigenvalue weighted by atomic mass is 9.52. The van der Waals surface area contributed by atoms with Gasteiger partial charge in [0.15, 0.2) is 0 Å². The largest absolute Gasteiger partial charge is 0.408 e. The molecule has 0 spiro atoms. The van der Waals surface area contributed by atoms with Crippen LogP contribution in [0.3, 0.4) is 0 Å². The van der Waals surface area contributed by atoms with E-state index in [1.165, 1.54) is 0 Å². The lowest BCUT2D eigenvalue weighted by molar-refractivity contribution is 0.122. The summed E-state index contributed by atoms with van der Waals surface area (Å²) < 4.78 is 0. The Morgan fingerprint density at radius 2 is 1.80 bits per heavy atom. The molecule has 4 radical (unpaired) electrons. The molecule has 0 aliphatic carbocycles. The number of thiol groups is 1. The van der Waals surface area contributed by atoms with Gasteiger partial charge in [-0.05, 0) is 19.1 Å². The van der Waals surface area contributed by atoms with E-state index in [0.29, 0.717) is 0 Å². The Balaban J connectivity index is 4.51. The van der Waals surface area contributed by atoms with E-state index < -0.39 is 10.8 Å². The molecule has 0 saturated carbocycles. The smallest absolute Gasteiger partial charge is 0.101 e. The van der Waals surface area contributed by atoms with Gasteiger partial charge in [0.05, 0.1) is 0 Å². The van der Waals surface area contributed by atoms with Crippen LogP contribution in [0, 0.1) is 16.6 Å². The standard InChI is InChI=1S/C6H8B2OS/c1-5(2,3-4-10)6(7,8)9/h9-10H,1-2H3. The molecule has 0 aliphatic rings. The molecular weight excluding hydrogens is 142 g/mol. The van der Waals surface area contributed by atoms with Crippen molar-refractivity contribution in [2.75, 3.05) is 0 Å². The van der Waals surface area contributed by atoms with Gasteiger partial charge in [-0.25, -0.2) is 0 Å². The van der Waals surface area contributed by atoms with Crippen LogP contribution >= 0.6 is 12.6 Å². The van der Waals surface area contributed by atoms with Gasteiger partial charge in [0, 0.05) is 10.8 Å². The van der Waals surface area contributed by atoms with Crippen LogP contribution in [0.25, 0.3) is 0 Å². The average molecular weight is 150 g/mol. The second-order valence-corrected chi connectivity index (χ2v) is 2.91. The van der Waals surface area contributed by atoms with Gasteiger partial charge >= 0.3 is 0 Å². The molecule has 10 heavy (non-hydrogen) atoms. The molecule has 0 saturated heterocycles. The molecule has 0 rings (SSSR count). The summed E-state index contributed by atoms with van der Waals surface area (Å²) in [5.74, 6) is 2.58. The molecule has 50 valence electrons. The van der Waals surface area contributed by atoms with E-state index in [9.17, 15) is 0 Å². The van der Waals surface area contributed by atoms with Crippen LogP contribution in [-0.2, 0) is 0 Å².